The molecule has 1 aliphatic heterocycles. The Kier molecular flexibility index (Phi) is 3.69. The summed E-state index contributed by atoms with van der Waals surface area (Å²) in [5.41, 5.74) is 0.865. The van der Waals surface area contributed by atoms with Crippen molar-refractivity contribution < 1.29 is 4.74 Å². The van der Waals surface area contributed by atoms with E-state index in [4.69, 9.17) is 4.74 Å². The Morgan fingerprint density at radius 3 is 2.47 bits per heavy atom. The van der Waals surface area contributed by atoms with Crippen LogP contribution in [0.3, 0.4) is 0 Å². The fourth-order valence-corrected chi connectivity index (χ4v) is 1.53. The van der Waals surface area contributed by atoms with Crippen LogP contribution in [0, 0.1) is 0 Å². The minimum atomic E-state index is 0.735. The Morgan fingerprint density at radius 2 is 1.80 bits per heavy atom. The number of hydrogen-bond acceptors (Lipinski definition) is 3. The summed E-state index contributed by atoms with van der Waals surface area (Å²) in [6.45, 7) is 3.11. The minimum Gasteiger partial charge on any atom is -0.378 e. The van der Waals surface area contributed by atoms with Crippen LogP contribution in [-0.2, 0) is 4.74 Å². The summed E-state index contributed by atoms with van der Waals surface area (Å²) in [5, 5.41) is 10.2. The van der Waals surface area contributed by atoms with Crippen molar-refractivity contribution in [1.29, 1.82) is 0 Å². The van der Waals surface area contributed by atoms with Crippen LogP contribution in [0.2, 0.25) is 0 Å². The Morgan fingerprint density at radius 1 is 1.13 bits per heavy atom. The lowest BCUT2D eigenvalue weighted by Crippen LogP contribution is -2.31. The first kappa shape index (κ1) is 10.6. The van der Waals surface area contributed by atoms with Gasteiger partial charge in [0.2, 0.25) is 0 Å². The van der Waals surface area contributed by atoms with Crippen LogP contribution in [0.15, 0.2) is 39.1 Å². The van der Waals surface area contributed by atoms with E-state index in [0.717, 1.165) is 36.5 Å². The van der Waals surface area contributed by atoms with Crippen LogP contribution in [0.4, 0.5) is 5.69 Å². The molecule has 0 saturated carbocycles. The number of nitrogens with zero attached hydrogens (tertiary/aromatic N) is 3. The van der Waals surface area contributed by atoms with Crippen LogP contribution in [0.25, 0.3) is 0 Å². The Labute approximate surface area is 97.0 Å². The summed E-state index contributed by atoms with van der Waals surface area (Å²) < 4.78 is 6.27. The fraction of sp³-hybridized carbons (Fsp3) is 0.400. The average molecular weight is 270 g/mol. The fourth-order valence-electron chi connectivity index (χ4n) is 1.27. The van der Waals surface area contributed by atoms with E-state index in [-0.39, 0.29) is 0 Å². The average Bonchev–Trinajstić information content (AvgIpc) is 2.30. The van der Waals surface area contributed by atoms with E-state index in [0.29, 0.717) is 0 Å². The molecule has 4 nitrogen and oxygen atoms in total. The quantitative estimate of drug-likeness (QED) is 0.775. The molecule has 5 heteroatoms. The molecule has 0 N–H and O–H groups in total. The third-order valence-electron chi connectivity index (χ3n) is 2.10. The Bertz CT molecular complexity index is 333. The molecule has 0 atom stereocenters. The number of rotatable bonds is 2. The van der Waals surface area contributed by atoms with E-state index in [1.807, 2.05) is 29.3 Å². The minimum absolute atomic E-state index is 0.735. The van der Waals surface area contributed by atoms with E-state index in [2.05, 4.69) is 26.3 Å². The molecule has 1 aliphatic rings. The molecule has 80 valence electrons. The highest BCUT2D eigenvalue weighted by Gasteiger charge is 2.06. The topological polar surface area (TPSA) is 37.2 Å². The van der Waals surface area contributed by atoms with Gasteiger partial charge < -0.3 is 4.74 Å². The van der Waals surface area contributed by atoms with Crippen LogP contribution < -0.4 is 0 Å². The largest absolute Gasteiger partial charge is 0.378 e. The van der Waals surface area contributed by atoms with Gasteiger partial charge in [0.05, 0.1) is 32.0 Å². The van der Waals surface area contributed by atoms with Gasteiger partial charge in [0.25, 0.3) is 0 Å². The van der Waals surface area contributed by atoms with Crippen molar-refractivity contribution in [2.45, 2.75) is 0 Å². The van der Waals surface area contributed by atoms with Gasteiger partial charge in [-0.05, 0) is 24.3 Å². The third kappa shape index (κ3) is 3.28. The normalized spacial score (nSPS) is 17.3. The number of halogens is 1. The summed E-state index contributed by atoms with van der Waals surface area (Å²) in [6, 6.07) is 7.75. The van der Waals surface area contributed by atoms with Crippen molar-refractivity contribution >= 4 is 21.6 Å². The van der Waals surface area contributed by atoms with Gasteiger partial charge in [-0.3, -0.25) is 5.01 Å². The summed E-state index contributed by atoms with van der Waals surface area (Å²) in [7, 11) is 0. The van der Waals surface area contributed by atoms with E-state index in [9.17, 15) is 0 Å². The molecule has 15 heavy (non-hydrogen) atoms. The molecule has 0 bridgehead atoms. The number of ether oxygens (including phenoxy) is 1. The molecule has 2 rings (SSSR count). The number of hydrogen-bond donors (Lipinski definition) is 0. The molecule has 0 aliphatic carbocycles. The SMILES string of the molecule is Brc1ccc(N=NN2CCOCC2)cc1. The van der Waals surface area contributed by atoms with Crippen molar-refractivity contribution in [2.75, 3.05) is 26.3 Å². The lowest BCUT2D eigenvalue weighted by atomic mass is 10.3. The van der Waals surface area contributed by atoms with Crippen LogP contribution in [0.1, 0.15) is 0 Å². The second kappa shape index (κ2) is 5.23. The lowest BCUT2D eigenvalue weighted by molar-refractivity contribution is 0.0354. The molecule has 1 aromatic rings. The molecule has 1 aromatic carbocycles. The van der Waals surface area contributed by atoms with Gasteiger partial charge in [-0.2, -0.15) is 0 Å². The highest BCUT2D eigenvalue weighted by atomic mass is 79.9. The van der Waals surface area contributed by atoms with Crippen LogP contribution in [0.5, 0.6) is 0 Å². The molecule has 1 fully saturated rings. The smallest absolute Gasteiger partial charge is 0.0875 e. The lowest BCUT2D eigenvalue weighted by Gasteiger charge is -2.22. The third-order valence-corrected chi connectivity index (χ3v) is 2.63. The molecule has 0 spiro atoms. The maximum absolute atomic E-state index is 5.22. The van der Waals surface area contributed by atoms with Gasteiger partial charge in [0.15, 0.2) is 0 Å². The standard InChI is InChI=1S/C10H12BrN3O/c11-9-1-3-10(4-2-9)12-13-14-5-7-15-8-6-14/h1-4H,5-8H2. The van der Waals surface area contributed by atoms with Crippen molar-refractivity contribution in [1.82, 2.24) is 5.01 Å². The van der Waals surface area contributed by atoms with Crippen molar-refractivity contribution in [3.8, 4) is 0 Å². The predicted octanol–water partition coefficient (Wildman–Crippen LogP) is 2.78. The molecule has 1 heterocycles. The zero-order valence-electron chi connectivity index (χ0n) is 8.27. The molecule has 0 aromatic heterocycles. The van der Waals surface area contributed by atoms with Crippen molar-refractivity contribution in [2.24, 2.45) is 10.3 Å². The number of morpholine rings is 1. The second-order valence-electron chi connectivity index (χ2n) is 3.23. The monoisotopic (exact) mass is 269 g/mol. The predicted molar refractivity (Wildman–Crippen MR) is 61.1 cm³/mol. The van der Waals surface area contributed by atoms with E-state index >= 15 is 0 Å². The van der Waals surface area contributed by atoms with Crippen LogP contribution in [-0.4, -0.2) is 31.3 Å². The van der Waals surface area contributed by atoms with Gasteiger partial charge in [-0.25, -0.2) is 0 Å². The molecule has 0 radical (unpaired) electrons. The Hall–Kier alpha value is -0.940. The highest BCUT2D eigenvalue weighted by molar-refractivity contribution is 9.10. The van der Waals surface area contributed by atoms with Gasteiger partial charge in [-0.15, -0.1) is 5.11 Å². The van der Waals surface area contributed by atoms with E-state index in [1.54, 1.807) is 0 Å². The van der Waals surface area contributed by atoms with Crippen LogP contribution >= 0.6 is 15.9 Å². The molecular formula is C10H12BrN3O. The first-order valence-corrected chi connectivity index (χ1v) is 5.64. The maximum Gasteiger partial charge on any atom is 0.0875 e. The van der Waals surface area contributed by atoms with E-state index < -0.39 is 0 Å². The van der Waals surface area contributed by atoms with Crippen molar-refractivity contribution in [3.05, 3.63) is 28.7 Å². The van der Waals surface area contributed by atoms with Gasteiger partial charge >= 0.3 is 0 Å². The van der Waals surface area contributed by atoms with Gasteiger partial charge in [0.1, 0.15) is 0 Å². The molecule has 0 amide bonds. The summed E-state index contributed by atoms with van der Waals surface area (Å²) in [5.74, 6) is 0. The Balaban J connectivity index is 1.95. The molecule has 0 unspecified atom stereocenters. The zero-order chi connectivity index (χ0) is 10.5. The molecule has 1 saturated heterocycles. The van der Waals surface area contributed by atoms with E-state index in [1.165, 1.54) is 0 Å². The zero-order valence-corrected chi connectivity index (χ0v) is 9.85. The summed E-state index contributed by atoms with van der Waals surface area (Å²) in [6.07, 6.45) is 0. The van der Waals surface area contributed by atoms with Gasteiger partial charge in [0, 0.05) is 4.47 Å². The highest BCUT2D eigenvalue weighted by Crippen LogP contribution is 2.17. The first-order chi connectivity index (χ1) is 7.34. The first-order valence-electron chi connectivity index (χ1n) is 4.84. The second-order valence-corrected chi connectivity index (χ2v) is 4.15. The van der Waals surface area contributed by atoms with Gasteiger partial charge in [-0.1, -0.05) is 21.2 Å². The molecular weight excluding hydrogens is 258 g/mol. The summed E-state index contributed by atoms with van der Waals surface area (Å²) >= 11 is 3.37. The number of benzene rings is 1. The maximum atomic E-state index is 5.22. The van der Waals surface area contributed by atoms with Crippen molar-refractivity contribution in [3.63, 3.8) is 0 Å². The summed E-state index contributed by atoms with van der Waals surface area (Å²) in [4.78, 5) is 0.